The first kappa shape index (κ1) is 18.2. The van der Waals surface area contributed by atoms with Crippen molar-refractivity contribution in [2.75, 3.05) is 6.54 Å². The molecule has 0 aliphatic rings. The molecule has 0 aliphatic carbocycles. The van der Waals surface area contributed by atoms with E-state index in [0.29, 0.717) is 24.2 Å². The summed E-state index contributed by atoms with van der Waals surface area (Å²) in [6, 6.07) is 3.79. The molecule has 0 radical (unpaired) electrons. The van der Waals surface area contributed by atoms with E-state index in [0.717, 1.165) is 11.4 Å². The molecular weight excluding hydrogens is 322 g/mol. The third-order valence-electron chi connectivity index (χ3n) is 3.28. The van der Waals surface area contributed by atoms with Crippen LogP contribution in [0.5, 0.6) is 0 Å². The van der Waals surface area contributed by atoms with Crippen LogP contribution in [0, 0.1) is 5.92 Å². The molecule has 7 heteroatoms. The summed E-state index contributed by atoms with van der Waals surface area (Å²) >= 11 is 1.39. The highest BCUT2D eigenvalue weighted by Gasteiger charge is 2.20. The van der Waals surface area contributed by atoms with Crippen molar-refractivity contribution in [2.24, 2.45) is 5.92 Å². The number of nitrogens with one attached hydrogen (secondary N) is 1. The van der Waals surface area contributed by atoms with Crippen LogP contribution in [0.3, 0.4) is 0 Å². The second-order valence-corrected chi connectivity index (χ2v) is 7.15. The number of carbonyl (C=O) groups excluding carboxylic acids is 1. The summed E-state index contributed by atoms with van der Waals surface area (Å²) in [5.41, 5.74) is 0.885. The average molecular weight is 345 g/mol. The minimum Gasteiger partial charge on any atom is -0.355 e. The summed E-state index contributed by atoms with van der Waals surface area (Å²) in [7, 11) is 0. The van der Waals surface area contributed by atoms with E-state index in [-0.39, 0.29) is 11.2 Å². The number of thioether (sulfide) groups is 1. The van der Waals surface area contributed by atoms with Crippen molar-refractivity contribution in [1.82, 2.24) is 25.1 Å². The number of rotatable bonds is 8. The molecule has 0 unspecified atom stereocenters. The van der Waals surface area contributed by atoms with E-state index in [1.807, 2.05) is 23.6 Å². The summed E-state index contributed by atoms with van der Waals surface area (Å²) in [4.78, 5) is 16.3. The van der Waals surface area contributed by atoms with E-state index in [9.17, 15) is 4.79 Å². The van der Waals surface area contributed by atoms with Crippen LogP contribution in [-0.2, 0) is 11.3 Å². The highest BCUT2D eigenvalue weighted by atomic mass is 32.2. The zero-order valence-corrected chi connectivity index (χ0v) is 15.1. The molecule has 2 heterocycles. The first-order valence-electron chi connectivity index (χ1n) is 7.91. The number of hydrogen-bond donors (Lipinski definition) is 1. The van der Waals surface area contributed by atoms with Crippen LogP contribution in [0.2, 0.25) is 0 Å². The second kappa shape index (κ2) is 8.63. The lowest BCUT2D eigenvalue weighted by Crippen LogP contribution is -2.33. The number of amides is 1. The maximum Gasteiger partial charge on any atom is 0.233 e. The average Bonchev–Trinajstić information content (AvgIpc) is 2.96. The van der Waals surface area contributed by atoms with Crippen molar-refractivity contribution >= 4 is 17.7 Å². The number of nitrogens with zero attached hydrogens (tertiary/aromatic N) is 4. The Labute approximate surface area is 146 Å². The number of hydrogen-bond acceptors (Lipinski definition) is 5. The van der Waals surface area contributed by atoms with Gasteiger partial charge in [0.05, 0.1) is 5.25 Å². The quantitative estimate of drug-likeness (QED) is 0.588. The van der Waals surface area contributed by atoms with E-state index in [2.05, 4.69) is 40.9 Å². The monoisotopic (exact) mass is 345 g/mol. The Morgan fingerprint density at radius 2 is 2.21 bits per heavy atom. The van der Waals surface area contributed by atoms with Gasteiger partial charge in [-0.1, -0.05) is 31.7 Å². The van der Waals surface area contributed by atoms with E-state index in [1.54, 1.807) is 18.5 Å². The summed E-state index contributed by atoms with van der Waals surface area (Å²) < 4.78 is 1.95. The van der Waals surface area contributed by atoms with Crippen molar-refractivity contribution in [1.29, 1.82) is 0 Å². The van der Waals surface area contributed by atoms with Crippen molar-refractivity contribution in [2.45, 2.75) is 37.7 Å². The van der Waals surface area contributed by atoms with Crippen molar-refractivity contribution < 1.29 is 4.79 Å². The molecule has 0 fully saturated rings. The summed E-state index contributed by atoms with van der Waals surface area (Å²) in [6.45, 7) is 11.0. The summed E-state index contributed by atoms with van der Waals surface area (Å²) in [5, 5.41) is 11.9. The van der Waals surface area contributed by atoms with Gasteiger partial charge in [-0.25, -0.2) is 0 Å². The van der Waals surface area contributed by atoms with Crippen LogP contribution in [0.25, 0.3) is 11.4 Å². The van der Waals surface area contributed by atoms with Gasteiger partial charge in [-0.15, -0.1) is 16.8 Å². The lowest BCUT2D eigenvalue weighted by atomic mass is 10.2. The Balaban J connectivity index is 2.17. The first-order valence-corrected chi connectivity index (χ1v) is 8.79. The van der Waals surface area contributed by atoms with Gasteiger partial charge in [0.15, 0.2) is 11.0 Å². The smallest absolute Gasteiger partial charge is 0.233 e. The van der Waals surface area contributed by atoms with Crippen molar-refractivity contribution in [3.05, 3.63) is 37.2 Å². The van der Waals surface area contributed by atoms with E-state index >= 15 is 0 Å². The molecule has 0 aliphatic heterocycles. The number of carbonyl (C=O) groups is 1. The van der Waals surface area contributed by atoms with Gasteiger partial charge in [0, 0.05) is 31.0 Å². The van der Waals surface area contributed by atoms with Gasteiger partial charge in [0.25, 0.3) is 0 Å². The summed E-state index contributed by atoms with van der Waals surface area (Å²) in [6.07, 6.45) is 5.25. The minimum absolute atomic E-state index is 0.00443. The topological polar surface area (TPSA) is 72.7 Å². The van der Waals surface area contributed by atoms with Gasteiger partial charge in [-0.05, 0) is 25.0 Å². The van der Waals surface area contributed by atoms with Crippen LogP contribution in [0.15, 0.2) is 42.3 Å². The fourth-order valence-corrected chi connectivity index (χ4v) is 2.92. The zero-order valence-electron chi connectivity index (χ0n) is 14.3. The Morgan fingerprint density at radius 1 is 1.42 bits per heavy atom. The minimum atomic E-state index is -0.252. The molecule has 1 atom stereocenters. The van der Waals surface area contributed by atoms with Crippen molar-refractivity contribution in [3.63, 3.8) is 0 Å². The SMILES string of the molecule is C=CCn1c(S[C@@H](C)C(=O)NCC(C)C)nnc1-c1cccnc1. The lowest BCUT2D eigenvalue weighted by molar-refractivity contribution is -0.120. The van der Waals surface area contributed by atoms with Crippen LogP contribution >= 0.6 is 11.8 Å². The Morgan fingerprint density at radius 3 is 2.83 bits per heavy atom. The maximum atomic E-state index is 12.2. The highest BCUT2D eigenvalue weighted by molar-refractivity contribution is 8.00. The van der Waals surface area contributed by atoms with Gasteiger partial charge in [0.1, 0.15) is 0 Å². The molecule has 24 heavy (non-hydrogen) atoms. The predicted octanol–water partition coefficient (Wildman–Crippen LogP) is 2.78. The van der Waals surface area contributed by atoms with E-state index < -0.39 is 0 Å². The largest absolute Gasteiger partial charge is 0.355 e. The lowest BCUT2D eigenvalue weighted by Gasteiger charge is -2.13. The molecule has 0 bridgehead atoms. The second-order valence-electron chi connectivity index (χ2n) is 5.85. The van der Waals surface area contributed by atoms with Gasteiger partial charge in [-0.2, -0.15) is 0 Å². The third kappa shape index (κ3) is 4.67. The zero-order chi connectivity index (χ0) is 17.5. The molecule has 0 aromatic carbocycles. The molecule has 1 N–H and O–H groups in total. The number of aromatic nitrogens is 4. The first-order chi connectivity index (χ1) is 11.5. The molecule has 1 amide bonds. The molecular formula is C17H23N5OS. The van der Waals surface area contributed by atoms with Crippen molar-refractivity contribution in [3.8, 4) is 11.4 Å². The van der Waals surface area contributed by atoms with E-state index in [4.69, 9.17) is 0 Å². The molecule has 0 saturated carbocycles. The molecule has 2 aromatic heterocycles. The standard InChI is InChI=1S/C17H23N5OS/c1-5-9-22-15(14-7-6-8-18-11-14)20-21-17(22)24-13(4)16(23)19-10-12(2)3/h5-8,11-13H,1,9-10H2,2-4H3,(H,19,23)/t13-/m0/s1. The molecule has 2 rings (SSSR count). The van der Waals surface area contributed by atoms with Gasteiger partial charge in [0.2, 0.25) is 5.91 Å². The maximum absolute atomic E-state index is 12.2. The number of allylic oxidation sites excluding steroid dienone is 1. The van der Waals surface area contributed by atoms with Gasteiger partial charge >= 0.3 is 0 Å². The molecule has 0 saturated heterocycles. The third-order valence-corrected chi connectivity index (χ3v) is 4.36. The Bertz CT molecular complexity index is 684. The highest BCUT2D eigenvalue weighted by Crippen LogP contribution is 2.26. The molecule has 2 aromatic rings. The van der Waals surface area contributed by atoms with Crippen LogP contribution in [0.4, 0.5) is 0 Å². The fourth-order valence-electron chi connectivity index (χ4n) is 2.04. The summed E-state index contributed by atoms with van der Waals surface area (Å²) in [5.74, 6) is 1.15. The van der Waals surface area contributed by atoms with Crippen LogP contribution in [-0.4, -0.2) is 37.5 Å². The predicted molar refractivity (Wildman–Crippen MR) is 96.6 cm³/mol. The van der Waals surface area contributed by atoms with Crippen LogP contribution < -0.4 is 5.32 Å². The van der Waals surface area contributed by atoms with Gasteiger partial charge in [-0.3, -0.25) is 14.3 Å². The number of pyridine rings is 1. The van der Waals surface area contributed by atoms with Crippen LogP contribution in [0.1, 0.15) is 20.8 Å². The molecule has 128 valence electrons. The Hall–Kier alpha value is -2.15. The van der Waals surface area contributed by atoms with Gasteiger partial charge < -0.3 is 5.32 Å². The Kier molecular flexibility index (Phi) is 6.54. The molecule has 0 spiro atoms. The van der Waals surface area contributed by atoms with E-state index in [1.165, 1.54) is 11.8 Å². The normalized spacial score (nSPS) is 12.2. The fraction of sp³-hybridized carbons (Fsp3) is 0.412. The molecule has 6 nitrogen and oxygen atoms in total.